The zero-order valence-corrected chi connectivity index (χ0v) is 15.5. The SMILES string of the molecule is Cc1cc(-c2noc(C(F)(F)F)n2)cc(C)c1OCCCc1cc(C(N)=O)no1. The van der Waals surface area contributed by atoms with E-state index in [2.05, 4.69) is 19.8 Å². The third kappa shape index (κ3) is 4.73. The molecule has 0 atom stereocenters. The van der Waals surface area contributed by atoms with Gasteiger partial charge in [0.25, 0.3) is 5.91 Å². The zero-order valence-electron chi connectivity index (χ0n) is 15.5. The summed E-state index contributed by atoms with van der Waals surface area (Å²) < 4.78 is 53.0. The summed E-state index contributed by atoms with van der Waals surface area (Å²) in [6.07, 6.45) is -3.60. The van der Waals surface area contributed by atoms with Crippen molar-refractivity contribution in [2.24, 2.45) is 5.73 Å². The number of aromatic nitrogens is 3. The van der Waals surface area contributed by atoms with Crippen molar-refractivity contribution < 1.29 is 31.7 Å². The second kappa shape index (κ2) is 7.94. The van der Waals surface area contributed by atoms with Crippen molar-refractivity contribution in [1.29, 1.82) is 0 Å². The van der Waals surface area contributed by atoms with E-state index in [4.69, 9.17) is 15.0 Å². The van der Waals surface area contributed by atoms with Crippen LogP contribution >= 0.6 is 0 Å². The van der Waals surface area contributed by atoms with E-state index in [0.29, 0.717) is 47.6 Å². The number of halogens is 3. The number of amides is 1. The Morgan fingerprint density at radius 2 is 1.83 bits per heavy atom. The molecule has 1 amide bonds. The van der Waals surface area contributed by atoms with Crippen LogP contribution in [0, 0.1) is 13.8 Å². The number of hydrogen-bond donors (Lipinski definition) is 1. The number of aryl methyl sites for hydroxylation is 3. The molecule has 2 aromatic heterocycles. The van der Waals surface area contributed by atoms with Gasteiger partial charge in [0.2, 0.25) is 5.82 Å². The monoisotopic (exact) mass is 410 g/mol. The fourth-order valence-corrected chi connectivity index (χ4v) is 2.73. The van der Waals surface area contributed by atoms with Crippen molar-refractivity contribution in [2.75, 3.05) is 6.61 Å². The summed E-state index contributed by atoms with van der Waals surface area (Å²) in [5.74, 6) is -1.07. The fourth-order valence-electron chi connectivity index (χ4n) is 2.73. The van der Waals surface area contributed by atoms with Gasteiger partial charge in [-0.1, -0.05) is 10.3 Å². The highest BCUT2D eigenvalue weighted by atomic mass is 19.4. The molecule has 0 bridgehead atoms. The lowest BCUT2D eigenvalue weighted by Crippen LogP contribution is -2.10. The maximum absolute atomic E-state index is 12.6. The molecule has 2 heterocycles. The molecular weight excluding hydrogens is 393 g/mol. The molecule has 2 N–H and O–H groups in total. The first kappa shape index (κ1) is 20.4. The Labute approximate surface area is 162 Å². The van der Waals surface area contributed by atoms with Gasteiger partial charge < -0.3 is 19.5 Å². The molecule has 1 aromatic carbocycles. The standard InChI is InChI=1S/C18H17F3N4O4/c1-9-6-11(16-23-17(29-25-16)18(19,20)21)7-10(2)14(9)27-5-3-4-12-8-13(15(22)26)24-28-12/h6-8H,3-5H2,1-2H3,(H2,22,26). The summed E-state index contributed by atoms with van der Waals surface area (Å²) in [6.45, 7) is 3.90. The van der Waals surface area contributed by atoms with E-state index < -0.39 is 18.0 Å². The number of nitrogens with zero attached hydrogens (tertiary/aromatic N) is 3. The Morgan fingerprint density at radius 3 is 2.38 bits per heavy atom. The normalized spacial score (nSPS) is 11.6. The fraction of sp³-hybridized carbons (Fsp3) is 0.333. The summed E-state index contributed by atoms with van der Waals surface area (Å²) in [4.78, 5) is 14.4. The Morgan fingerprint density at radius 1 is 1.14 bits per heavy atom. The molecule has 11 heteroatoms. The van der Waals surface area contributed by atoms with Crippen LogP contribution in [0.2, 0.25) is 0 Å². The van der Waals surface area contributed by atoms with Crippen molar-refractivity contribution in [3.63, 3.8) is 0 Å². The summed E-state index contributed by atoms with van der Waals surface area (Å²) in [7, 11) is 0. The molecule has 154 valence electrons. The molecule has 29 heavy (non-hydrogen) atoms. The minimum atomic E-state index is -4.69. The Balaban J connectivity index is 1.63. The van der Waals surface area contributed by atoms with Gasteiger partial charge in [0.05, 0.1) is 6.61 Å². The first-order valence-electron chi connectivity index (χ1n) is 8.56. The van der Waals surface area contributed by atoms with Crippen LogP contribution in [0.3, 0.4) is 0 Å². The van der Waals surface area contributed by atoms with Crippen LogP contribution in [-0.4, -0.2) is 27.8 Å². The molecule has 0 fully saturated rings. The van der Waals surface area contributed by atoms with E-state index >= 15 is 0 Å². The van der Waals surface area contributed by atoms with Gasteiger partial charge in [-0.25, -0.2) is 0 Å². The van der Waals surface area contributed by atoms with Gasteiger partial charge >= 0.3 is 12.1 Å². The zero-order chi connectivity index (χ0) is 21.2. The molecule has 0 unspecified atom stereocenters. The van der Waals surface area contributed by atoms with Crippen molar-refractivity contribution >= 4 is 5.91 Å². The number of nitrogens with two attached hydrogens (primary N) is 1. The topological polar surface area (TPSA) is 117 Å². The smallest absolute Gasteiger partial charge is 0.471 e. The molecule has 0 aliphatic rings. The van der Waals surface area contributed by atoms with E-state index in [1.807, 2.05) is 0 Å². The maximum atomic E-state index is 12.6. The van der Waals surface area contributed by atoms with Gasteiger partial charge in [-0.3, -0.25) is 4.79 Å². The van der Waals surface area contributed by atoms with Crippen molar-refractivity contribution in [3.05, 3.63) is 46.7 Å². The Bertz CT molecular complexity index is 1000. The second-order valence-electron chi connectivity index (χ2n) is 6.35. The van der Waals surface area contributed by atoms with E-state index in [1.165, 1.54) is 6.07 Å². The van der Waals surface area contributed by atoms with Crippen LogP contribution in [0.5, 0.6) is 5.75 Å². The van der Waals surface area contributed by atoms with Gasteiger partial charge in [-0.15, -0.1) is 0 Å². The lowest BCUT2D eigenvalue weighted by atomic mass is 10.1. The molecule has 3 rings (SSSR count). The van der Waals surface area contributed by atoms with E-state index in [0.717, 1.165) is 0 Å². The number of rotatable bonds is 7. The van der Waals surface area contributed by atoms with E-state index in [9.17, 15) is 18.0 Å². The molecule has 0 radical (unpaired) electrons. The average Bonchev–Trinajstić information content (AvgIpc) is 3.29. The lowest BCUT2D eigenvalue weighted by Gasteiger charge is -2.13. The van der Waals surface area contributed by atoms with Crippen LogP contribution in [0.1, 0.15) is 39.7 Å². The molecule has 0 saturated heterocycles. The summed E-state index contributed by atoms with van der Waals surface area (Å²) in [6, 6.07) is 4.74. The third-order valence-corrected chi connectivity index (χ3v) is 4.01. The molecule has 0 spiro atoms. The summed E-state index contributed by atoms with van der Waals surface area (Å²) in [5, 5.41) is 6.95. The minimum absolute atomic E-state index is 0.0679. The molecule has 8 nitrogen and oxygen atoms in total. The van der Waals surface area contributed by atoms with Crippen LogP contribution in [-0.2, 0) is 12.6 Å². The largest absolute Gasteiger partial charge is 0.493 e. The number of alkyl halides is 3. The molecular formula is C18H17F3N4O4. The van der Waals surface area contributed by atoms with Gasteiger partial charge in [0.15, 0.2) is 5.69 Å². The maximum Gasteiger partial charge on any atom is 0.471 e. The summed E-state index contributed by atoms with van der Waals surface area (Å²) >= 11 is 0. The molecule has 3 aromatic rings. The highest BCUT2D eigenvalue weighted by molar-refractivity contribution is 5.90. The molecule has 0 aliphatic heterocycles. The minimum Gasteiger partial charge on any atom is -0.493 e. The summed E-state index contributed by atoms with van der Waals surface area (Å²) in [5.41, 5.74) is 7.01. The van der Waals surface area contributed by atoms with Crippen LogP contribution in [0.25, 0.3) is 11.4 Å². The average molecular weight is 410 g/mol. The van der Waals surface area contributed by atoms with Crippen LogP contribution in [0.15, 0.2) is 27.2 Å². The van der Waals surface area contributed by atoms with Crippen LogP contribution in [0.4, 0.5) is 13.2 Å². The quantitative estimate of drug-likeness (QED) is 0.593. The van der Waals surface area contributed by atoms with Gasteiger partial charge in [-0.2, -0.15) is 18.2 Å². The van der Waals surface area contributed by atoms with Gasteiger partial charge in [-0.05, 0) is 43.5 Å². The number of primary amides is 1. The number of benzene rings is 1. The Hall–Kier alpha value is -3.37. The lowest BCUT2D eigenvalue weighted by molar-refractivity contribution is -0.159. The highest BCUT2D eigenvalue weighted by Crippen LogP contribution is 2.32. The third-order valence-electron chi connectivity index (χ3n) is 4.01. The predicted molar refractivity (Wildman–Crippen MR) is 93.0 cm³/mol. The van der Waals surface area contributed by atoms with Gasteiger partial charge in [0, 0.05) is 18.1 Å². The number of carbonyl (C=O) groups excluding carboxylic acids is 1. The molecule has 0 saturated carbocycles. The van der Waals surface area contributed by atoms with E-state index in [-0.39, 0.29) is 11.5 Å². The second-order valence-corrected chi connectivity index (χ2v) is 6.35. The van der Waals surface area contributed by atoms with E-state index in [1.54, 1.807) is 26.0 Å². The number of carbonyl (C=O) groups is 1. The number of ether oxygens (including phenoxy) is 1. The van der Waals surface area contributed by atoms with Gasteiger partial charge in [0.1, 0.15) is 11.5 Å². The van der Waals surface area contributed by atoms with Crippen LogP contribution < -0.4 is 10.5 Å². The number of hydrogen-bond acceptors (Lipinski definition) is 7. The van der Waals surface area contributed by atoms with Crippen molar-refractivity contribution in [1.82, 2.24) is 15.3 Å². The van der Waals surface area contributed by atoms with Crippen molar-refractivity contribution in [3.8, 4) is 17.1 Å². The first-order chi connectivity index (χ1) is 13.6. The Kier molecular flexibility index (Phi) is 5.57. The highest BCUT2D eigenvalue weighted by Gasteiger charge is 2.38. The predicted octanol–water partition coefficient (Wildman–Crippen LogP) is 3.47. The first-order valence-corrected chi connectivity index (χ1v) is 8.56. The molecule has 0 aliphatic carbocycles. The van der Waals surface area contributed by atoms with Crippen molar-refractivity contribution in [2.45, 2.75) is 32.9 Å².